The minimum absolute atomic E-state index is 0.105. The number of aliphatic carboxylic acids is 1. The van der Waals surface area contributed by atoms with E-state index < -0.39 is 36.6 Å². The summed E-state index contributed by atoms with van der Waals surface area (Å²) >= 11 is 0. The number of carbonyl (C=O) groups excluding carboxylic acids is 1. The molecule has 2 N–H and O–H groups in total. The van der Waals surface area contributed by atoms with Crippen LogP contribution in [0.1, 0.15) is 6.42 Å². The van der Waals surface area contributed by atoms with Crippen LogP contribution < -0.4 is 5.32 Å². The molecule has 0 aromatic carbocycles. The van der Waals surface area contributed by atoms with E-state index in [0.29, 0.717) is 0 Å². The van der Waals surface area contributed by atoms with Crippen molar-refractivity contribution in [2.24, 2.45) is 0 Å². The molecule has 1 heterocycles. The van der Waals surface area contributed by atoms with Gasteiger partial charge in [-0.1, -0.05) is 0 Å². The zero-order valence-electron chi connectivity index (χ0n) is 9.20. The third kappa shape index (κ3) is 4.49. The monoisotopic (exact) mass is 271 g/mol. The highest BCUT2D eigenvalue weighted by Gasteiger charge is 2.43. The van der Waals surface area contributed by atoms with Gasteiger partial charge in [-0.2, -0.15) is 13.2 Å². The van der Waals surface area contributed by atoms with Crippen molar-refractivity contribution in [3.05, 3.63) is 0 Å². The molecule has 18 heavy (non-hydrogen) atoms. The fourth-order valence-electron chi connectivity index (χ4n) is 1.33. The Kier molecular flexibility index (Phi) is 4.91. The van der Waals surface area contributed by atoms with Crippen molar-refractivity contribution in [3.8, 4) is 0 Å². The number of ether oxygens (including phenoxy) is 2. The van der Waals surface area contributed by atoms with E-state index in [0.717, 1.165) is 0 Å². The summed E-state index contributed by atoms with van der Waals surface area (Å²) in [5, 5.41) is 9.97. The normalized spacial score (nSPS) is 22.3. The predicted molar refractivity (Wildman–Crippen MR) is 50.8 cm³/mol. The summed E-state index contributed by atoms with van der Waals surface area (Å²) < 4.78 is 47.1. The van der Waals surface area contributed by atoms with E-state index in [-0.39, 0.29) is 19.8 Å². The van der Waals surface area contributed by atoms with Crippen molar-refractivity contribution < 1.29 is 37.3 Å². The van der Waals surface area contributed by atoms with Crippen molar-refractivity contribution in [1.29, 1.82) is 0 Å². The first-order valence-electron chi connectivity index (χ1n) is 5.09. The molecule has 0 saturated carbocycles. The second kappa shape index (κ2) is 6.01. The third-order valence-corrected chi connectivity index (χ3v) is 2.20. The number of hydrogen-bond acceptors (Lipinski definition) is 4. The van der Waals surface area contributed by atoms with Crippen LogP contribution in [-0.2, 0) is 19.1 Å². The highest BCUT2D eigenvalue weighted by molar-refractivity contribution is 5.82. The molecule has 1 aliphatic rings. The van der Waals surface area contributed by atoms with Gasteiger partial charge >= 0.3 is 12.1 Å². The standard InChI is InChI=1S/C9H12F3NO5/c10-9(11,12)6(3-7(14)15)13-8(16)5-4-17-1-2-18-5/h5-6H,1-4H2,(H,13,16)(H,14,15). The van der Waals surface area contributed by atoms with Crippen molar-refractivity contribution >= 4 is 11.9 Å². The Bertz CT molecular complexity index is 314. The number of nitrogens with one attached hydrogen (secondary N) is 1. The Hall–Kier alpha value is -1.35. The Morgan fingerprint density at radius 1 is 1.39 bits per heavy atom. The molecule has 1 rings (SSSR count). The molecule has 2 atom stereocenters. The predicted octanol–water partition coefficient (Wildman–Crippen LogP) is -0.0764. The molecule has 1 amide bonds. The van der Waals surface area contributed by atoms with Crippen molar-refractivity contribution in [2.45, 2.75) is 24.7 Å². The molecule has 1 fully saturated rings. The van der Waals surface area contributed by atoms with Crippen LogP contribution in [0.3, 0.4) is 0 Å². The van der Waals surface area contributed by atoms with Crippen molar-refractivity contribution in [2.75, 3.05) is 19.8 Å². The van der Waals surface area contributed by atoms with Gasteiger partial charge in [-0.05, 0) is 0 Å². The summed E-state index contributed by atoms with van der Waals surface area (Å²) in [4.78, 5) is 21.7. The number of hydrogen-bond donors (Lipinski definition) is 2. The van der Waals surface area contributed by atoms with Crippen LogP contribution in [0.4, 0.5) is 13.2 Å². The van der Waals surface area contributed by atoms with E-state index in [1.165, 1.54) is 0 Å². The molecular weight excluding hydrogens is 259 g/mol. The van der Waals surface area contributed by atoms with Gasteiger partial charge < -0.3 is 19.9 Å². The van der Waals surface area contributed by atoms with Gasteiger partial charge in [0, 0.05) is 0 Å². The lowest BCUT2D eigenvalue weighted by Crippen LogP contribution is -2.52. The third-order valence-electron chi connectivity index (χ3n) is 2.20. The lowest BCUT2D eigenvalue weighted by Gasteiger charge is -2.25. The summed E-state index contributed by atoms with van der Waals surface area (Å²) in [6.45, 7) is 0.221. The second-order valence-electron chi connectivity index (χ2n) is 3.63. The maximum absolute atomic E-state index is 12.5. The van der Waals surface area contributed by atoms with Crippen LogP contribution in [0.5, 0.6) is 0 Å². The van der Waals surface area contributed by atoms with E-state index in [9.17, 15) is 22.8 Å². The molecule has 0 aromatic heterocycles. The first-order valence-corrected chi connectivity index (χ1v) is 5.09. The van der Waals surface area contributed by atoms with Gasteiger partial charge in [0.2, 0.25) is 0 Å². The van der Waals surface area contributed by atoms with Gasteiger partial charge in [0.15, 0.2) is 6.10 Å². The van der Waals surface area contributed by atoms with Crippen LogP contribution in [0.2, 0.25) is 0 Å². The Labute approximate surface area is 100 Å². The second-order valence-corrected chi connectivity index (χ2v) is 3.63. The Morgan fingerprint density at radius 2 is 2.06 bits per heavy atom. The molecule has 0 aliphatic carbocycles. The minimum atomic E-state index is -4.83. The summed E-state index contributed by atoms with van der Waals surface area (Å²) in [6, 6.07) is -2.44. The summed E-state index contributed by atoms with van der Waals surface area (Å²) in [7, 11) is 0. The van der Waals surface area contributed by atoms with Crippen LogP contribution in [0.25, 0.3) is 0 Å². The van der Waals surface area contributed by atoms with Crippen LogP contribution in [0, 0.1) is 0 Å². The molecule has 0 aromatic rings. The average molecular weight is 271 g/mol. The number of carboxylic acid groups (broad SMARTS) is 1. The van der Waals surface area contributed by atoms with Crippen molar-refractivity contribution in [3.63, 3.8) is 0 Å². The van der Waals surface area contributed by atoms with E-state index >= 15 is 0 Å². The molecule has 1 saturated heterocycles. The molecule has 2 unspecified atom stereocenters. The number of halogens is 3. The van der Waals surface area contributed by atoms with Gasteiger partial charge in [-0.3, -0.25) is 9.59 Å². The first kappa shape index (κ1) is 14.7. The van der Waals surface area contributed by atoms with E-state index in [4.69, 9.17) is 14.6 Å². The molecule has 1 aliphatic heterocycles. The lowest BCUT2D eigenvalue weighted by molar-refractivity contribution is -0.175. The fraction of sp³-hybridized carbons (Fsp3) is 0.778. The van der Waals surface area contributed by atoms with Crippen LogP contribution >= 0.6 is 0 Å². The molecule has 9 heteroatoms. The SMILES string of the molecule is O=C(O)CC(NC(=O)C1COCCO1)C(F)(F)F. The Balaban J connectivity index is 2.59. The number of rotatable bonds is 4. The van der Waals surface area contributed by atoms with E-state index in [1.54, 1.807) is 5.32 Å². The summed E-state index contributed by atoms with van der Waals surface area (Å²) in [5.74, 6) is -2.68. The maximum atomic E-state index is 12.5. The van der Waals surface area contributed by atoms with Crippen LogP contribution in [0.15, 0.2) is 0 Å². The zero-order valence-corrected chi connectivity index (χ0v) is 9.20. The smallest absolute Gasteiger partial charge is 0.409 e. The highest BCUT2D eigenvalue weighted by Crippen LogP contribution is 2.22. The fourth-order valence-corrected chi connectivity index (χ4v) is 1.33. The molecule has 104 valence electrons. The number of carbonyl (C=O) groups is 2. The molecular formula is C9H12F3NO5. The number of amides is 1. The maximum Gasteiger partial charge on any atom is 0.409 e. The van der Waals surface area contributed by atoms with Crippen molar-refractivity contribution in [1.82, 2.24) is 5.32 Å². The van der Waals surface area contributed by atoms with Gasteiger partial charge in [0.25, 0.3) is 5.91 Å². The molecule has 0 radical (unpaired) electrons. The quantitative estimate of drug-likeness (QED) is 0.747. The topological polar surface area (TPSA) is 84.9 Å². The van der Waals surface area contributed by atoms with E-state index in [2.05, 4.69) is 0 Å². The summed E-state index contributed by atoms with van der Waals surface area (Å²) in [5.41, 5.74) is 0. The number of carboxylic acids is 1. The van der Waals surface area contributed by atoms with Gasteiger partial charge in [0.1, 0.15) is 6.04 Å². The largest absolute Gasteiger partial charge is 0.481 e. The van der Waals surface area contributed by atoms with Gasteiger partial charge in [-0.15, -0.1) is 0 Å². The Morgan fingerprint density at radius 3 is 2.50 bits per heavy atom. The molecule has 0 spiro atoms. The zero-order chi connectivity index (χ0) is 13.8. The van der Waals surface area contributed by atoms with E-state index in [1.807, 2.05) is 0 Å². The highest BCUT2D eigenvalue weighted by atomic mass is 19.4. The summed E-state index contributed by atoms with van der Waals surface area (Å²) in [6.07, 6.45) is -7.20. The lowest BCUT2D eigenvalue weighted by atomic mass is 10.2. The van der Waals surface area contributed by atoms with Gasteiger partial charge in [-0.25, -0.2) is 0 Å². The average Bonchev–Trinajstić information content (AvgIpc) is 2.27. The number of alkyl halides is 3. The van der Waals surface area contributed by atoms with Crippen LogP contribution in [-0.4, -0.2) is 55.1 Å². The first-order chi connectivity index (χ1) is 8.30. The molecule has 0 bridgehead atoms. The minimum Gasteiger partial charge on any atom is -0.481 e. The molecule has 6 nitrogen and oxygen atoms in total. The van der Waals surface area contributed by atoms with Gasteiger partial charge in [0.05, 0.1) is 26.2 Å².